The molecular weight excluding hydrogens is 408 g/mol. The van der Waals surface area contributed by atoms with E-state index >= 15 is 0 Å². The van der Waals surface area contributed by atoms with Gasteiger partial charge >= 0.3 is 5.69 Å². The number of carbonyl (C=O) groups is 1. The summed E-state index contributed by atoms with van der Waals surface area (Å²) in [6.07, 6.45) is 8.29. The molecule has 4 aromatic rings. The van der Waals surface area contributed by atoms with Crippen LogP contribution in [0.25, 0.3) is 22.2 Å². The van der Waals surface area contributed by atoms with E-state index in [2.05, 4.69) is 36.1 Å². The van der Waals surface area contributed by atoms with Crippen molar-refractivity contribution >= 4 is 33.9 Å². The Hall–Kier alpha value is -4.13. The van der Waals surface area contributed by atoms with Gasteiger partial charge in [-0.05, 0) is 25.0 Å². The molecule has 0 saturated carbocycles. The zero-order valence-electron chi connectivity index (χ0n) is 17.6. The molecule has 0 radical (unpaired) electrons. The van der Waals surface area contributed by atoms with Crippen LogP contribution in [0.2, 0.25) is 0 Å². The maximum atomic E-state index is 12.6. The van der Waals surface area contributed by atoms with Crippen LogP contribution in [-0.2, 0) is 7.05 Å². The maximum absolute atomic E-state index is 12.6. The molecule has 1 aromatic carbocycles. The second kappa shape index (κ2) is 7.85. The molecule has 1 amide bonds. The van der Waals surface area contributed by atoms with E-state index in [1.165, 1.54) is 6.33 Å². The fraction of sp³-hybridized carbons (Fsp3) is 0.318. The average Bonchev–Trinajstić information content (AvgIpc) is 3.34. The molecule has 10 heteroatoms. The van der Waals surface area contributed by atoms with Gasteiger partial charge in [0, 0.05) is 26.2 Å². The predicted molar refractivity (Wildman–Crippen MR) is 121 cm³/mol. The SMILES string of the molecule is C#CCNC(=O)c1nc2c(N3CCC(n4c(=O)[nH]c5ccccc54)CC3)ncnc2n1C. The second-order valence-corrected chi connectivity index (χ2v) is 7.79. The van der Waals surface area contributed by atoms with E-state index in [4.69, 9.17) is 6.42 Å². The first-order valence-electron chi connectivity index (χ1n) is 10.4. The van der Waals surface area contributed by atoms with Gasteiger partial charge in [-0.25, -0.2) is 19.7 Å². The Morgan fingerprint density at radius 3 is 2.84 bits per heavy atom. The summed E-state index contributed by atoms with van der Waals surface area (Å²) in [7, 11) is 1.74. The van der Waals surface area contributed by atoms with Gasteiger partial charge in [0.05, 0.1) is 17.6 Å². The minimum absolute atomic E-state index is 0.0820. The van der Waals surface area contributed by atoms with Crippen molar-refractivity contribution in [3.8, 4) is 12.3 Å². The van der Waals surface area contributed by atoms with E-state index < -0.39 is 0 Å². The molecule has 32 heavy (non-hydrogen) atoms. The van der Waals surface area contributed by atoms with Crippen LogP contribution in [0.5, 0.6) is 0 Å². The first kappa shape index (κ1) is 19.8. The lowest BCUT2D eigenvalue weighted by atomic mass is 10.0. The van der Waals surface area contributed by atoms with E-state index in [9.17, 15) is 9.59 Å². The summed E-state index contributed by atoms with van der Waals surface area (Å²) in [4.78, 5) is 43.3. The highest BCUT2D eigenvalue weighted by molar-refractivity contribution is 5.96. The van der Waals surface area contributed by atoms with Gasteiger partial charge in [-0.15, -0.1) is 6.42 Å². The molecule has 10 nitrogen and oxygen atoms in total. The van der Waals surface area contributed by atoms with Crippen LogP contribution in [0.4, 0.5) is 5.82 Å². The number of benzene rings is 1. The van der Waals surface area contributed by atoms with Gasteiger partial charge in [-0.1, -0.05) is 18.1 Å². The third kappa shape index (κ3) is 3.19. The van der Waals surface area contributed by atoms with E-state index in [-0.39, 0.29) is 30.0 Å². The summed E-state index contributed by atoms with van der Waals surface area (Å²) in [5.74, 6) is 2.95. The zero-order valence-corrected chi connectivity index (χ0v) is 17.6. The number of anilines is 1. The first-order valence-corrected chi connectivity index (χ1v) is 10.4. The number of amides is 1. The highest BCUT2D eigenvalue weighted by Gasteiger charge is 2.27. The van der Waals surface area contributed by atoms with Gasteiger partial charge in [0.1, 0.15) is 6.33 Å². The lowest BCUT2D eigenvalue weighted by molar-refractivity contribution is 0.0946. The van der Waals surface area contributed by atoms with Crippen LogP contribution in [0, 0.1) is 12.3 Å². The fourth-order valence-electron chi connectivity index (χ4n) is 4.40. The maximum Gasteiger partial charge on any atom is 0.326 e. The van der Waals surface area contributed by atoms with Crippen molar-refractivity contribution in [2.75, 3.05) is 24.5 Å². The van der Waals surface area contributed by atoms with Crippen LogP contribution < -0.4 is 15.9 Å². The second-order valence-electron chi connectivity index (χ2n) is 7.79. The van der Waals surface area contributed by atoms with Crippen LogP contribution in [0.1, 0.15) is 29.5 Å². The van der Waals surface area contributed by atoms with Gasteiger partial charge in [0.2, 0.25) is 5.82 Å². The summed E-state index contributed by atoms with van der Waals surface area (Å²) in [5, 5.41) is 2.64. The summed E-state index contributed by atoms with van der Waals surface area (Å²) < 4.78 is 3.50. The van der Waals surface area contributed by atoms with Crippen LogP contribution >= 0.6 is 0 Å². The number of aromatic nitrogens is 6. The van der Waals surface area contributed by atoms with Gasteiger partial charge in [0.25, 0.3) is 5.91 Å². The molecule has 0 unspecified atom stereocenters. The Morgan fingerprint density at radius 2 is 2.06 bits per heavy atom. The summed E-state index contributed by atoms with van der Waals surface area (Å²) >= 11 is 0. The average molecular weight is 430 g/mol. The molecule has 5 rings (SSSR count). The molecule has 0 bridgehead atoms. The van der Waals surface area contributed by atoms with Gasteiger partial charge in [-0.2, -0.15) is 0 Å². The minimum atomic E-state index is -0.355. The number of hydrogen-bond donors (Lipinski definition) is 2. The van der Waals surface area contributed by atoms with E-state index in [0.29, 0.717) is 30.1 Å². The number of hydrogen-bond acceptors (Lipinski definition) is 6. The molecule has 162 valence electrons. The van der Waals surface area contributed by atoms with Crippen molar-refractivity contribution in [2.45, 2.75) is 18.9 Å². The number of fused-ring (bicyclic) bond motifs is 2. The molecule has 0 aliphatic carbocycles. The topological polar surface area (TPSA) is 114 Å². The number of aryl methyl sites for hydroxylation is 1. The third-order valence-corrected chi connectivity index (χ3v) is 5.94. The van der Waals surface area contributed by atoms with E-state index in [1.54, 1.807) is 11.6 Å². The van der Waals surface area contributed by atoms with Gasteiger partial charge in [-0.3, -0.25) is 9.36 Å². The minimum Gasteiger partial charge on any atom is -0.355 e. The number of carbonyl (C=O) groups excluding carboxylic acids is 1. The molecule has 4 heterocycles. The van der Waals surface area contributed by atoms with E-state index in [0.717, 1.165) is 23.9 Å². The molecular formula is C22H22N8O2. The quantitative estimate of drug-likeness (QED) is 0.471. The predicted octanol–water partition coefficient (Wildman–Crippen LogP) is 1.21. The number of H-pyrrole nitrogens is 1. The van der Waals surface area contributed by atoms with Crippen molar-refractivity contribution < 1.29 is 4.79 Å². The number of terminal acetylenes is 1. The van der Waals surface area contributed by atoms with Crippen molar-refractivity contribution in [1.29, 1.82) is 0 Å². The Kier molecular flexibility index (Phi) is 4.86. The molecule has 0 atom stereocenters. The molecule has 2 N–H and O–H groups in total. The Bertz CT molecular complexity index is 1420. The fourth-order valence-corrected chi connectivity index (χ4v) is 4.40. The number of aromatic amines is 1. The number of para-hydroxylation sites is 2. The van der Waals surface area contributed by atoms with Gasteiger partial charge in [0.15, 0.2) is 17.0 Å². The largest absolute Gasteiger partial charge is 0.355 e. The highest BCUT2D eigenvalue weighted by atomic mass is 16.2. The first-order chi connectivity index (χ1) is 15.6. The molecule has 0 spiro atoms. The number of nitrogens with zero attached hydrogens (tertiary/aromatic N) is 6. The van der Waals surface area contributed by atoms with Crippen molar-refractivity contribution in [3.63, 3.8) is 0 Å². The monoisotopic (exact) mass is 430 g/mol. The smallest absolute Gasteiger partial charge is 0.326 e. The van der Waals surface area contributed by atoms with Crippen molar-refractivity contribution in [2.24, 2.45) is 7.05 Å². The Morgan fingerprint density at radius 1 is 1.28 bits per heavy atom. The normalized spacial score (nSPS) is 14.7. The number of rotatable bonds is 4. The number of piperidine rings is 1. The molecule has 1 saturated heterocycles. The van der Waals surface area contributed by atoms with Crippen LogP contribution in [-0.4, -0.2) is 54.6 Å². The summed E-state index contributed by atoms with van der Waals surface area (Å²) in [5.41, 5.74) is 2.84. The Labute approximate surface area is 183 Å². The molecule has 1 aliphatic rings. The molecule has 1 fully saturated rings. The number of nitrogens with one attached hydrogen (secondary N) is 2. The van der Waals surface area contributed by atoms with Crippen molar-refractivity contribution in [3.05, 3.63) is 46.9 Å². The van der Waals surface area contributed by atoms with E-state index in [1.807, 2.05) is 28.8 Å². The van der Waals surface area contributed by atoms with Crippen molar-refractivity contribution in [1.82, 2.24) is 34.4 Å². The number of imidazole rings is 2. The zero-order chi connectivity index (χ0) is 22.2. The molecule has 3 aromatic heterocycles. The van der Waals surface area contributed by atoms with Crippen LogP contribution in [0.15, 0.2) is 35.4 Å². The summed E-state index contributed by atoms with van der Waals surface area (Å²) in [6, 6.07) is 7.84. The van der Waals surface area contributed by atoms with Crippen LogP contribution in [0.3, 0.4) is 0 Å². The standard InChI is InChI=1S/C22H22N8O2/c1-3-10-23-21(31)20-27-17-18(28(20)2)24-13-25-19(17)29-11-8-14(9-12-29)30-16-7-5-4-6-15(16)26-22(30)32/h1,4-7,13-14H,8-12H2,2H3,(H,23,31)(H,26,32). The molecule has 1 aliphatic heterocycles. The summed E-state index contributed by atoms with van der Waals surface area (Å²) in [6.45, 7) is 1.54. The van der Waals surface area contributed by atoms with Gasteiger partial charge < -0.3 is 19.8 Å². The lowest BCUT2D eigenvalue weighted by Gasteiger charge is -2.33. The Balaban J connectivity index is 1.41. The third-order valence-electron chi connectivity index (χ3n) is 5.94. The highest BCUT2D eigenvalue weighted by Crippen LogP contribution is 2.30. The lowest BCUT2D eigenvalue weighted by Crippen LogP contribution is -2.37.